The van der Waals surface area contributed by atoms with Gasteiger partial charge in [-0.3, -0.25) is 0 Å². The van der Waals surface area contributed by atoms with Crippen LogP contribution >= 0.6 is 11.8 Å². The van der Waals surface area contributed by atoms with Crippen LogP contribution in [-0.4, -0.2) is 25.7 Å². The highest BCUT2D eigenvalue weighted by Crippen LogP contribution is 2.18. The third-order valence-electron chi connectivity index (χ3n) is 2.27. The molecule has 1 aromatic carbocycles. The zero-order valence-corrected chi connectivity index (χ0v) is 10.5. The molecule has 3 heteroatoms. The monoisotopic (exact) mass is 225 g/mol. The molecule has 84 valence electrons. The lowest BCUT2D eigenvalue weighted by Crippen LogP contribution is -2.16. The first kappa shape index (κ1) is 12.4. The average Bonchev–Trinajstić information content (AvgIpc) is 2.25. The van der Waals surface area contributed by atoms with E-state index in [4.69, 9.17) is 4.74 Å². The van der Waals surface area contributed by atoms with E-state index in [1.54, 1.807) is 7.11 Å². The number of ether oxygens (including phenoxy) is 1. The second-order valence-electron chi connectivity index (χ2n) is 3.47. The molecule has 0 spiro atoms. The van der Waals surface area contributed by atoms with Crippen LogP contribution in [0.1, 0.15) is 11.1 Å². The van der Waals surface area contributed by atoms with Crippen LogP contribution in [0.15, 0.2) is 18.2 Å². The minimum absolute atomic E-state index is 0.936. The van der Waals surface area contributed by atoms with Crippen LogP contribution in [0.25, 0.3) is 0 Å². The zero-order chi connectivity index (χ0) is 11.1. The molecular weight excluding hydrogens is 206 g/mol. The van der Waals surface area contributed by atoms with Crippen molar-refractivity contribution in [2.45, 2.75) is 13.5 Å². The number of aryl methyl sites for hydroxylation is 1. The van der Waals surface area contributed by atoms with Gasteiger partial charge in [0.15, 0.2) is 0 Å². The van der Waals surface area contributed by atoms with Gasteiger partial charge in [0, 0.05) is 18.8 Å². The maximum Gasteiger partial charge on any atom is 0.121 e. The van der Waals surface area contributed by atoms with E-state index < -0.39 is 0 Å². The van der Waals surface area contributed by atoms with Gasteiger partial charge < -0.3 is 10.1 Å². The van der Waals surface area contributed by atoms with E-state index in [1.165, 1.54) is 11.1 Å². The summed E-state index contributed by atoms with van der Waals surface area (Å²) in [6.45, 7) is 4.07. The molecular formula is C12H19NOS. The number of hydrogen-bond acceptors (Lipinski definition) is 3. The fourth-order valence-electron chi connectivity index (χ4n) is 1.46. The molecule has 0 unspecified atom stereocenters. The lowest BCUT2D eigenvalue weighted by Gasteiger charge is -2.08. The Morgan fingerprint density at radius 1 is 1.40 bits per heavy atom. The molecule has 0 radical (unpaired) electrons. The largest absolute Gasteiger partial charge is 0.496 e. The average molecular weight is 225 g/mol. The lowest BCUT2D eigenvalue weighted by molar-refractivity contribution is 0.411. The molecule has 15 heavy (non-hydrogen) atoms. The maximum atomic E-state index is 5.22. The van der Waals surface area contributed by atoms with Crippen molar-refractivity contribution in [2.24, 2.45) is 0 Å². The van der Waals surface area contributed by atoms with Gasteiger partial charge in [-0.2, -0.15) is 11.8 Å². The minimum Gasteiger partial charge on any atom is -0.496 e. The number of methoxy groups -OCH3 is 1. The Hall–Kier alpha value is -0.670. The molecule has 0 aromatic heterocycles. The van der Waals surface area contributed by atoms with Gasteiger partial charge in [-0.15, -0.1) is 0 Å². The fraction of sp³-hybridized carbons (Fsp3) is 0.500. The van der Waals surface area contributed by atoms with E-state index >= 15 is 0 Å². The van der Waals surface area contributed by atoms with Gasteiger partial charge in [0.2, 0.25) is 0 Å². The summed E-state index contributed by atoms with van der Waals surface area (Å²) in [5, 5.41) is 3.41. The number of thioether (sulfide) groups is 1. The van der Waals surface area contributed by atoms with Crippen molar-refractivity contribution < 1.29 is 4.74 Å². The van der Waals surface area contributed by atoms with E-state index in [0.29, 0.717) is 0 Å². The first-order chi connectivity index (χ1) is 7.27. The SMILES string of the molecule is COc1ccc(CNCCSC)cc1C. The Bertz CT molecular complexity index is 302. The Kier molecular flexibility index (Phi) is 5.58. The molecule has 1 rings (SSSR count). The quantitative estimate of drug-likeness (QED) is 0.751. The minimum atomic E-state index is 0.936. The molecule has 0 bridgehead atoms. The summed E-state index contributed by atoms with van der Waals surface area (Å²) in [6.07, 6.45) is 2.12. The van der Waals surface area contributed by atoms with Gasteiger partial charge in [0.05, 0.1) is 7.11 Å². The highest BCUT2D eigenvalue weighted by Gasteiger charge is 1.99. The standard InChI is InChI=1S/C12H19NOS/c1-10-8-11(4-5-12(10)14-2)9-13-6-7-15-3/h4-5,8,13H,6-7,9H2,1-3H3. The van der Waals surface area contributed by atoms with Crippen molar-refractivity contribution >= 4 is 11.8 Å². The van der Waals surface area contributed by atoms with Gasteiger partial charge >= 0.3 is 0 Å². The van der Waals surface area contributed by atoms with E-state index in [0.717, 1.165) is 24.6 Å². The van der Waals surface area contributed by atoms with Gasteiger partial charge in [0.1, 0.15) is 5.75 Å². The van der Waals surface area contributed by atoms with Crippen molar-refractivity contribution in [3.05, 3.63) is 29.3 Å². The number of rotatable bonds is 6. The first-order valence-electron chi connectivity index (χ1n) is 5.11. The molecule has 0 aliphatic rings. The molecule has 0 aliphatic carbocycles. The van der Waals surface area contributed by atoms with Gasteiger partial charge in [-0.1, -0.05) is 12.1 Å². The van der Waals surface area contributed by atoms with Gasteiger partial charge in [0.25, 0.3) is 0 Å². The molecule has 1 aromatic rings. The summed E-state index contributed by atoms with van der Waals surface area (Å²) in [4.78, 5) is 0. The van der Waals surface area contributed by atoms with Crippen LogP contribution in [0.4, 0.5) is 0 Å². The summed E-state index contributed by atoms with van der Waals surface area (Å²) in [7, 11) is 1.71. The van der Waals surface area contributed by atoms with Crippen LogP contribution in [-0.2, 0) is 6.54 Å². The fourth-order valence-corrected chi connectivity index (χ4v) is 1.81. The van der Waals surface area contributed by atoms with E-state index in [-0.39, 0.29) is 0 Å². The molecule has 0 fully saturated rings. The Labute approximate surface area is 96.4 Å². The topological polar surface area (TPSA) is 21.3 Å². The highest BCUT2D eigenvalue weighted by molar-refractivity contribution is 7.98. The molecule has 0 aliphatic heterocycles. The Balaban J connectivity index is 2.45. The first-order valence-corrected chi connectivity index (χ1v) is 6.50. The molecule has 1 N–H and O–H groups in total. The summed E-state index contributed by atoms with van der Waals surface area (Å²) < 4.78 is 5.22. The van der Waals surface area contributed by atoms with E-state index in [9.17, 15) is 0 Å². The number of benzene rings is 1. The second-order valence-corrected chi connectivity index (χ2v) is 4.46. The number of hydrogen-bond donors (Lipinski definition) is 1. The predicted octanol–water partition coefficient (Wildman–Crippen LogP) is 2.46. The summed E-state index contributed by atoms with van der Waals surface area (Å²) >= 11 is 1.86. The van der Waals surface area contributed by atoms with Crippen molar-refractivity contribution in [3.8, 4) is 5.75 Å². The molecule has 2 nitrogen and oxygen atoms in total. The van der Waals surface area contributed by atoms with Crippen LogP contribution in [0, 0.1) is 6.92 Å². The smallest absolute Gasteiger partial charge is 0.121 e. The summed E-state index contributed by atoms with van der Waals surface area (Å²) in [6, 6.07) is 6.31. The molecule has 0 saturated carbocycles. The van der Waals surface area contributed by atoms with Crippen molar-refractivity contribution in [3.63, 3.8) is 0 Å². The molecule has 0 atom stereocenters. The van der Waals surface area contributed by atoms with Crippen molar-refractivity contribution in [1.29, 1.82) is 0 Å². The molecule has 0 amide bonds. The van der Waals surface area contributed by atoms with Crippen LogP contribution < -0.4 is 10.1 Å². The lowest BCUT2D eigenvalue weighted by atomic mass is 10.1. The van der Waals surface area contributed by atoms with Gasteiger partial charge in [-0.25, -0.2) is 0 Å². The third-order valence-corrected chi connectivity index (χ3v) is 2.88. The van der Waals surface area contributed by atoms with E-state index in [2.05, 4.69) is 30.6 Å². The molecule has 0 saturated heterocycles. The highest BCUT2D eigenvalue weighted by atomic mass is 32.2. The van der Waals surface area contributed by atoms with Crippen LogP contribution in [0.2, 0.25) is 0 Å². The molecule has 0 heterocycles. The van der Waals surface area contributed by atoms with E-state index in [1.807, 2.05) is 17.8 Å². The summed E-state index contributed by atoms with van der Waals surface area (Å²) in [5.41, 5.74) is 2.51. The summed E-state index contributed by atoms with van der Waals surface area (Å²) in [5.74, 6) is 2.12. The predicted molar refractivity (Wildman–Crippen MR) is 67.8 cm³/mol. The Morgan fingerprint density at radius 3 is 2.80 bits per heavy atom. The third kappa shape index (κ3) is 4.14. The maximum absolute atomic E-state index is 5.22. The van der Waals surface area contributed by atoms with Gasteiger partial charge in [-0.05, 0) is 30.4 Å². The zero-order valence-electron chi connectivity index (χ0n) is 9.67. The van der Waals surface area contributed by atoms with Crippen molar-refractivity contribution in [1.82, 2.24) is 5.32 Å². The van der Waals surface area contributed by atoms with Crippen LogP contribution in [0.5, 0.6) is 5.75 Å². The Morgan fingerprint density at radius 2 is 2.20 bits per heavy atom. The second kappa shape index (κ2) is 6.75. The van der Waals surface area contributed by atoms with Crippen LogP contribution in [0.3, 0.4) is 0 Å². The van der Waals surface area contributed by atoms with Crippen molar-refractivity contribution in [2.75, 3.05) is 25.7 Å². The normalized spacial score (nSPS) is 10.3. The number of nitrogens with one attached hydrogen (secondary N) is 1.